The number of ether oxygens (including phenoxy) is 1. The molecule has 1 aromatic rings. The lowest BCUT2D eigenvalue weighted by Gasteiger charge is -1.93. The third-order valence-corrected chi connectivity index (χ3v) is 0.804. The van der Waals surface area contributed by atoms with Crippen LogP contribution in [0.5, 0.6) is 0 Å². The van der Waals surface area contributed by atoms with Crippen molar-refractivity contribution in [3.05, 3.63) is 12.7 Å². The first kappa shape index (κ1) is 5.74. The Balaban J connectivity index is 2.77. The first-order chi connectivity index (χ1) is 4.34. The first-order valence-corrected chi connectivity index (χ1v) is 2.27. The molecular weight excluding hydrogens is 122 g/mol. The van der Waals surface area contributed by atoms with Crippen LogP contribution in [0.25, 0.3) is 0 Å². The average Bonchev–Trinajstić information content (AvgIpc) is 2.37. The second kappa shape index (κ2) is 2.25. The van der Waals surface area contributed by atoms with Crippen LogP contribution in [0, 0.1) is 0 Å². The van der Waals surface area contributed by atoms with Gasteiger partial charge < -0.3 is 4.74 Å². The van der Waals surface area contributed by atoms with Gasteiger partial charge in [-0.05, 0) is 0 Å². The van der Waals surface area contributed by atoms with E-state index in [2.05, 4.69) is 14.9 Å². The molecule has 0 aliphatic rings. The predicted octanol–water partition coefficient (Wildman–Crippen LogP) is -0.107. The number of methoxy groups -OCH3 is 1. The lowest BCUT2D eigenvalue weighted by atomic mass is 11.0. The molecule has 0 unspecified atom stereocenters. The van der Waals surface area contributed by atoms with Crippen molar-refractivity contribution in [2.45, 2.75) is 0 Å². The molecule has 1 heterocycles. The number of hydrogen-bond donors (Lipinski definition) is 0. The van der Waals surface area contributed by atoms with Gasteiger partial charge >= 0.3 is 6.09 Å². The molecule has 0 N–H and O–H groups in total. The molecule has 9 heavy (non-hydrogen) atoms. The van der Waals surface area contributed by atoms with Crippen molar-refractivity contribution >= 4 is 6.09 Å². The summed E-state index contributed by atoms with van der Waals surface area (Å²) in [7, 11) is 1.29. The number of rotatable bonds is 0. The third kappa shape index (κ3) is 1.04. The largest absolute Gasteiger partial charge is 0.452 e. The minimum atomic E-state index is -0.486. The molecule has 0 aliphatic carbocycles. The number of aromatic nitrogens is 3. The number of carbonyl (C=O) groups is 1. The van der Waals surface area contributed by atoms with Crippen molar-refractivity contribution in [3.63, 3.8) is 0 Å². The van der Waals surface area contributed by atoms with E-state index >= 15 is 0 Å². The maximum atomic E-state index is 10.5. The highest BCUT2D eigenvalue weighted by Crippen LogP contribution is 1.82. The summed E-state index contributed by atoms with van der Waals surface area (Å²) < 4.78 is 5.48. The Morgan fingerprint density at radius 1 is 1.56 bits per heavy atom. The molecule has 0 aliphatic heterocycles. The molecule has 5 nitrogen and oxygen atoms in total. The van der Waals surface area contributed by atoms with Gasteiger partial charge in [-0.1, -0.05) is 0 Å². The Morgan fingerprint density at radius 2 is 2.11 bits per heavy atom. The van der Waals surface area contributed by atoms with Crippen LogP contribution in [0.3, 0.4) is 0 Å². The van der Waals surface area contributed by atoms with Crippen LogP contribution in [-0.4, -0.2) is 28.0 Å². The van der Waals surface area contributed by atoms with E-state index in [4.69, 9.17) is 0 Å². The Kier molecular flexibility index (Phi) is 1.44. The van der Waals surface area contributed by atoms with Gasteiger partial charge in [-0.25, -0.2) is 9.36 Å². The molecule has 1 aromatic heterocycles. The zero-order valence-corrected chi connectivity index (χ0v) is 4.81. The van der Waals surface area contributed by atoms with E-state index in [-0.39, 0.29) is 0 Å². The monoisotopic (exact) mass is 127 g/mol. The fourth-order valence-electron chi connectivity index (χ4n) is 0.400. The standard InChI is InChI=1S/C4H5N3O2/c1-9-4(8)7-2-5-6-3-7/h2-3H,1H3. The summed E-state index contributed by atoms with van der Waals surface area (Å²) in [6.45, 7) is 0. The van der Waals surface area contributed by atoms with E-state index in [1.807, 2.05) is 0 Å². The molecule has 5 heteroatoms. The van der Waals surface area contributed by atoms with Crippen molar-refractivity contribution in [1.29, 1.82) is 0 Å². The van der Waals surface area contributed by atoms with Gasteiger partial charge in [-0.3, -0.25) is 0 Å². The highest BCUT2D eigenvalue weighted by atomic mass is 16.5. The van der Waals surface area contributed by atoms with Crippen LogP contribution in [-0.2, 0) is 4.74 Å². The van der Waals surface area contributed by atoms with E-state index in [0.29, 0.717) is 0 Å². The molecule has 1 rings (SSSR count). The fourth-order valence-corrected chi connectivity index (χ4v) is 0.400. The van der Waals surface area contributed by atoms with Gasteiger partial charge in [-0.15, -0.1) is 10.2 Å². The molecule has 0 atom stereocenters. The summed E-state index contributed by atoms with van der Waals surface area (Å²) in [6, 6.07) is 0. The van der Waals surface area contributed by atoms with Crippen LogP contribution < -0.4 is 0 Å². The molecule has 0 bridgehead atoms. The number of carbonyl (C=O) groups excluding carboxylic acids is 1. The average molecular weight is 127 g/mol. The summed E-state index contributed by atoms with van der Waals surface area (Å²) in [5.74, 6) is 0. The summed E-state index contributed by atoms with van der Waals surface area (Å²) in [4.78, 5) is 10.5. The highest BCUT2D eigenvalue weighted by Gasteiger charge is 1.99. The second-order valence-corrected chi connectivity index (χ2v) is 1.34. The van der Waals surface area contributed by atoms with Gasteiger partial charge in [0.2, 0.25) is 0 Å². The van der Waals surface area contributed by atoms with E-state index < -0.39 is 6.09 Å². The van der Waals surface area contributed by atoms with Crippen molar-refractivity contribution in [2.24, 2.45) is 0 Å². The van der Waals surface area contributed by atoms with E-state index in [1.165, 1.54) is 19.8 Å². The molecule has 0 fully saturated rings. The van der Waals surface area contributed by atoms with Crippen molar-refractivity contribution in [1.82, 2.24) is 14.8 Å². The number of hydrogen-bond acceptors (Lipinski definition) is 4. The van der Waals surface area contributed by atoms with Crippen LogP contribution in [0.4, 0.5) is 4.79 Å². The van der Waals surface area contributed by atoms with Crippen molar-refractivity contribution < 1.29 is 9.53 Å². The number of nitrogens with zero attached hydrogens (tertiary/aromatic N) is 3. The molecule has 0 amide bonds. The summed E-state index contributed by atoms with van der Waals surface area (Å²) in [5.41, 5.74) is 0. The van der Waals surface area contributed by atoms with Crippen LogP contribution in [0.1, 0.15) is 0 Å². The maximum absolute atomic E-state index is 10.5. The zero-order chi connectivity index (χ0) is 6.69. The maximum Gasteiger partial charge on any atom is 0.420 e. The zero-order valence-electron chi connectivity index (χ0n) is 4.81. The molecule has 0 radical (unpaired) electrons. The normalized spacial score (nSPS) is 9.00. The Morgan fingerprint density at radius 3 is 2.56 bits per heavy atom. The van der Waals surface area contributed by atoms with Crippen molar-refractivity contribution in [2.75, 3.05) is 7.11 Å². The fraction of sp³-hybridized carbons (Fsp3) is 0.250. The van der Waals surface area contributed by atoms with Crippen LogP contribution in [0.2, 0.25) is 0 Å². The first-order valence-electron chi connectivity index (χ1n) is 2.27. The smallest absolute Gasteiger partial charge is 0.420 e. The van der Waals surface area contributed by atoms with E-state index in [1.54, 1.807) is 0 Å². The van der Waals surface area contributed by atoms with Gasteiger partial charge in [0.05, 0.1) is 7.11 Å². The molecule has 0 saturated carbocycles. The quantitative estimate of drug-likeness (QED) is 0.488. The summed E-state index contributed by atoms with van der Waals surface area (Å²) >= 11 is 0. The van der Waals surface area contributed by atoms with Gasteiger partial charge in [0.1, 0.15) is 12.7 Å². The predicted molar refractivity (Wildman–Crippen MR) is 27.8 cm³/mol. The van der Waals surface area contributed by atoms with Crippen LogP contribution >= 0.6 is 0 Å². The Hall–Kier alpha value is -1.39. The summed E-state index contributed by atoms with van der Waals surface area (Å²) in [6.07, 6.45) is 2.05. The van der Waals surface area contributed by atoms with Gasteiger partial charge in [0.25, 0.3) is 0 Å². The topological polar surface area (TPSA) is 57.0 Å². The van der Waals surface area contributed by atoms with Crippen LogP contribution in [0.15, 0.2) is 12.7 Å². The SMILES string of the molecule is COC(=O)n1cnnc1. The third-order valence-electron chi connectivity index (χ3n) is 0.804. The minimum Gasteiger partial charge on any atom is -0.452 e. The van der Waals surface area contributed by atoms with Gasteiger partial charge in [-0.2, -0.15) is 0 Å². The lowest BCUT2D eigenvalue weighted by Crippen LogP contribution is -2.08. The van der Waals surface area contributed by atoms with Gasteiger partial charge in [0, 0.05) is 0 Å². The molecule has 0 saturated heterocycles. The Bertz CT molecular complexity index is 194. The van der Waals surface area contributed by atoms with E-state index in [9.17, 15) is 4.79 Å². The lowest BCUT2D eigenvalue weighted by molar-refractivity contribution is 0.172. The highest BCUT2D eigenvalue weighted by molar-refractivity contribution is 5.69. The molecule has 0 aromatic carbocycles. The van der Waals surface area contributed by atoms with E-state index in [0.717, 1.165) is 4.57 Å². The summed E-state index contributed by atoms with van der Waals surface area (Å²) in [5, 5.41) is 6.81. The van der Waals surface area contributed by atoms with Gasteiger partial charge in [0.15, 0.2) is 0 Å². The van der Waals surface area contributed by atoms with Crippen molar-refractivity contribution in [3.8, 4) is 0 Å². The second-order valence-electron chi connectivity index (χ2n) is 1.34. The minimum absolute atomic E-state index is 0.486. The molecular formula is C4H5N3O2. The Labute approximate surface area is 51.3 Å². The molecule has 0 spiro atoms. The molecule has 48 valence electrons.